The van der Waals surface area contributed by atoms with Crippen LogP contribution in [0.4, 0.5) is 10.1 Å². The Morgan fingerprint density at radius 3 is 2.62 bits per heavy atom. The highest BCUT2D eigenvalue weighted by molar-refractivity contribution is 5.46. The van der Waals surface area contributed by atoms with Crippen molar-refractivity contribution < 1.29 is 4.39 Å². The minimum absolute atomic E-state index is 0.144. The Balaban J connectivity index is 3.15. The Labute approximate surface area is 76.7 Å². The van der Waals surface area contributed by atoms with Gasteiger partial charge >= 0.3 is 0 Å². The molecule has 72 valence electrons. The van der Waals surface area contributed by atoms with Gasteiger partial charge in [-0.25, -0.2) is 4.39 Å². The molecular weight excluding hydrogens is 169 g/mol. The summed E-state index contributed by atoms with van der Waals surface area (Å²) in [5.74, 6) is -0.440. The van der Waals surface area contributed by atoms with E-state index >= 15 is 0 Å². The van der Waals surface area contributed by atoms with Crippen molar-refractivity contribution in [2.24, 2.45) is 11.5 Å². The quantitative estimate of drug-likeness (QED) is 0.590. The first-order valence-electron chi connectivity index (χ1n) is 4.07. The van der Waals surface area contributed by atoms with Crippen LogP contribution in [-0.4, -0.2) is 6.54 Å². The van der Waals surface area contributed by atoms with Gasteiger partial charge in [0.25, 0.3) is 0 Å². The van der Waals surface area contributed by atoms with E-state index < -0.39 is 5.82 Å². The number of halogens is 1. The molecule has 0 fully saturated rings. The van der Waals surface area contributed by atoms with Crippen molar-refractivity contribution in [3.63, 3.8) is 0 Å². The van der Waals surface area contributed by atoms with Gasteiger partial charge in [-0.15, -0.1) is 0 Å². The largest absolute Gasteiger partial charge is 0.396 e. The molecule has 1 aromatic carbocycles. The molecule has 0 spiro atoms. The predicted octanol–water partition coefficient (Wildman–Crippen LogP) is 0.675. The average molecular weight is 183 g/mol. The van der Waals surface area contributed by atoms with Gasteiger partial charge in [-0.2, -0.15) is 0 Å². The van der Waals surface area contributed by atoms with E-state index in [1.54, 1.807) is 6.07 Å². The molecule has 6 N–H and O–H groups in total. The van der Waals surface area contributed by atoms with E-state index in [0.29, 0.717) is 12.1 Å². The van der Waals surface area contributed by atoms with E-state index in [0.717, 1.165) is 5.56 Å². The van der Waals surface area contributed by atoms with E-state index in [4.69, 9.17) is 17.2 Å². The number of nitrogen functional groups attached to an aromatic ring is 1. The van der Waals surface area contributed by atoms with Gasteiger partial charge in [0, 0.05) is 12.6 Å². The lowest BCUT2D eigenvalue weighted by Gasteiger charge is -2.13. The second-order valence-corrected chi connectivity index (χ2v) is 3.07. The molecule has 13 heavy (non-hydrogen) atoms. The Bertz CT molecular complexity index is 312. The van der Waals surface area contributed by atoms with Gasteiger partial charge < -0.3 is 17.2 Å². The summed E-state index contributed by atoms with van der Waals surface area (Å²) in [6.45, 7) is 2.13. The van der Waals surface area contributed by atoms with Gasteiger partial charge in [-0.1, -0.05) is 0 Å². The Hall–Kier alpha value is -1.13. The fourth-order valence-electron chi connectivity index (χ4n) is 1.25. The maximum atomic E-state index is 13.0. The number of hydrogen-bond acceptors (Lipinski definition) is 3. The zero-order valence-corrected chi connectivity index (χ0v) is 7.55. The lowest BCUT2D eigenvalue weighted by molar-refractivity contribution is 0.623. The maximum Gasteiger partial charge on any atom is 0.146 e. The highest BCUT2D eigenvalue weighted by Gasteiger charge is 2.10. The smallest absolute Gasteiger partial charge is 0.146 e. The molecule has 0 saturated heterocycles. The topological polar surface area (TPSA) is 78.1 Å². The van der Waals surface area contributed by atoms with Crippen molar-refractivity contribution >= 4 is 5.69 Å². The van der Waals surface area contributed by atoms with Gasteiger partial charge in [-0.05, 0) is 30.2 Å². The molecule has 0 unspecified atom stereocenters. The standard InChI is InChI=1S/C9H14FN3/c1-5-2-8(12)7(10)3-6(5)9(13)4-11/h2-3,9H,4,11-13H2,1H3/t9-/m0/s1. The van der Waals surface area contributed by atoms with Gasteiger partial charge in [0.15, 0.2) is 0 Å². The van der Waals surface area contributed by atoms with Crippen LogP contribution in [0.15, 0.2) is 12.1 Å². The summed E-state index contributed by atoms with van der Waals surface area (Å²) in [4.78, 5) is 0. The molecule has 0 bridgehead atoms. The molecule has 1 aromatic rings. The van der Waals surface area contributed by atoms with Crippen LogP contribution in [0.3, 0.4) is 0 Å². The number of aryl methyl sites for hydroxylation is 1. The Morgan fingerprint density at radius 1 is 1.46 bits per heavy atom. The van der Waals surface area contributed by atoms with Crippen LogP contribution in [0.5, 0.6) is 0 Å². The highest BCUT2D eigenvalue weighted by atomic mass is 19.1. The van der Waals surface area contributed by atoms with Crippen molar-refractivity contribution in [2.75, 3.05) is 12.3 Å². The number of hydrogen-bond donors (Lipinski definition) is 3. The molecular formula is C9H14FN3. The van der Waals surface area contributed by atoms with E-state index in [9.17, 15) is 4.39 Å². The normalized spacial score (nSPS) is 12.9. The summed E-state index contributed by atoms with van der Waals surface area (Å²) < 4.78 is 13.0. The summed E-state index contributed by atoms with van der Waals surface area (Å²) in [6, 6.07) is 2.60. The van der Waals surface area contributed by atoms with E-state index in [2.05, 4.69) is 0 Å². The molecule has 0 aliphatic carbocycles. The molecule has 0 heterocycles. The second-order valence-electron chi connectivity index (χ2n) is 3.07. The third-order valence-electron chi connectivity index (χ3n) is 2.04. The first-order valence-corrected chi connectivity index (χ1v) is 4.07. The summed E-state index contributed by atoms with van der Waals surface area (Å²) in [6.07, 6.45) is 0. The van der Waals surface area contributed by atoms with E-state index in [1.807, 2.05) is 6.92 Å². The maximum absolute atomic E-state index is 13.0. The van der Waals surface area contributed by atoms with Gasteiger partial charge in [-0.3, -0.25) is 0 Å². The fraction of sp³-hybridized carbons (Fsp3) is 0.333. The number of rotatable bonds is 2. The van der Waals surface area contributed by atoms with Crippen LogP contribution in [0, 0.1) is 12.7 Å². The van der Waals surface area contributed by atoms with Gasteiger partial charge in [0.1, 0.15) is 5.82 Å². The third-order valence-corrected chi connectivity index (χ3v) is 2.04. The first kappa shape index (κ1) is 9.95. The minimum atomic E-state index is -0.440. The van der Waals surface area contributed by atoms with Crippen molar-refractivity contribution in [3.05, 3.63) is 29.1 Å². The molecule has 0 aliphatic rings. The van der Waals surface area contributed by atoms with Crippen LogP contribution in [-0.2, 0) is 0 Å². The van der Waals surface area contributed by atoms with Crippen molar-refractivity contribution in [3.8, 4) is 0 Å². The number of nitrogens with two attached hydrogens (primary N) is 3. The zero-order chi connectivity index (χ0) is 10.0. The Morgan fingerprint density at radius 2 is 2.08 bits per heavy atom. The first-order chi connectivity index (χ1) is 6.06. The molecule has 0 saturated carbocycles. The highest BCUT2D eigenvalue weighted by Crippen LogP contribution is 2.20. The molecule has 0 aromatic heterocycles. The lowest BCUT2D eigenvalue weighted by atomic mass is 10.0. The molecule has 4 heteroatoms. The molecule has 1 rings (SSSR count). The second kappa shape index (κ2) is 3.72. The SMILES string of the molecule is Cc1cc(N)c(F)cc1[C@@H](N)CN. The summed E-state index contributed by atoms with van der Waals surface area (Å²) in [5, 5.41) is 0. The van der Waals surface area contributed by atoms with Crippen LogP contribution in [0.2, 0.25) is 0 Å². The molecule has 3 nitrogen and oxygen atoms in total. The number of anilines is 1. The summed E-state index contributed by atoms with van der Waals surface area (Å²) >= 11 is 0. The summed E-state index contributed by atoms with van der Waals surface area (Å²) in [7, 11) is 0. The zero-order valence-electron chi connectivity index (χ0n) is 7.55. The van der Waals surface area contributed by atoms with Crippen molar-refractivity contribution in [1.29, 1.82) is 0 Å². The van der Waals surface area contributed by atoms with Crippen LogP contribution in [0.1, 0.15) is 17.2 Å². The Kier molecular flexibility index (Phi) is 2.85. The van der Waals surface area contributed by atoms with Crippen LogP contribution < -0.4 is 17.2 Å². The fourth-order valence-corrected chi connectivity index (χ4v) is 1.25. The molecule has 0 amide bonds. The minimum Gasteiger partial charge on any atom is -0.396 e. The van der Waals surface area contributed by atoms with Crippen LogP contribution in [0.25, 0.3) is 0 Å². The van der Waals surface area contributed by atoms with E-state index in [-0.39, 0.29) is 11.7 Å². The lowest BCUT2D eigenvalue weighted by Crippen LogP contribution is -2.22. The number of benzene rings is 1. The average Bonchev–Trinajstić information content (AvgIpc) is 2.10. The molecule has 1 atom stereocenters. The van der Waals surface area contributed by atoms with Gasteiger partial charge in [0.2, 0.25) is 0 Å². The third kappa shape index (κ3) is 1.96. The molecule has 0 radical (unpaired) electrons. The van der Waals surface area contributed by atoms with Crippen molar-refractivity contribution in [2.45, 2.75) is 13.0 Å². The van der Waals surface area contributed by atoms with Crippen molar-refractivity contribution in [1.82, 2.24) is 0 Å². The monoisotopic (exact) mass is 183 g/mol. The van der Waals surface area contributed by atoms with Crippen LogP contribution >= 0.6 is 0 Å². The summed E-state index contributed by atoms with van der Waals surface area (Å²) in [5.41, 5.74) is 18.2. The molecule has 0 aliphatic heterocycles. The van der Waals surface area contributed by atoms with E-state index in [1.165, 1.54) is 6.07 Å². The van der Waals surface area contributed by atoms with Gasteiger partial charge in [0.05, 0.1) is 5.69 Å². The predicted molar refractivity (Wildman–Crippen MR) is 51.5 cm³/mol.